The van der Waals surface area contributed by atoms with Crippen LogP contribution in [0.2, 0.25) is 0 Å². The molecule has 1 fully saturated rings. The quantitative estimate of drug-likeness (QED) is 0.811. The molecule has 2 aromatic rings. The smallest absolute Gasteiger partial charge is 0.343 e. The number of benzene rings is 1. The van der Waals surface area contributed by atoms with Crippen molar-refractivity contribution in [1.29, 1.82) is 0 Å². The summed E-state index contributed by atoms with van der Waals surface area (Å²) in [6.45, 7) is 1.32. The molecule has 1 saturated heterocycles. The monoisotopic (exact) mass is 363 g/mol. The minimum Gasteiger partial charge on any atom is -0.494 e. The van der Waals surface area contributed by atoms with Crippen LogP contribution in [0, 0.1) is 5.82 Å². The minimum absolute atomic E-state index is 0.0473. The van der Waals surface area contributed by atoms with Crippen molar-refractivity contribution in [2.45, 2.75) is 12.8 Å². The summed E-state index contributed by atoms with van der Waals surface area (Å²) in [4.78, 5) is 25.5. The first kappa shape index (κ1) is 17.7. The number of hydrogen-bond acceptors (Lipinski definition) is 6. The summed E-state index contributed by atoms with van der Waals surface area (Å²) in [5.74, 6) is -2.14. The maximum absolute atomic E-state index is 13.6. The Labute approximate surface area is 148 Å². The number of carboxylic acid groups (broad SMARTS) is 1. The summed E-state index contributed by atoms with van der Waals surface area (Å²) in [7, 11) is 1.30. The van der Waals surface area contributed by atoms with Gasteiger partial charge >= 0.3 is 5.97 Å². The summed E-state index contributed by atoms with van der Waals surface area (Å²) in [5, 5.41) is 16.0. The topological polar surface area (TPSA) is 105 Å². The number of rotatable bonds is 6. The molecule has 0 spiro atoms. The number of carbonyl (C=O) groups excluding carboxylic acids is 1. The molecule has 1 aromatic carbocycles. The summed E-state index contributed by atoms with van der Waals surface area (Å²) < 4.78 is 23.6. The van der Waals surface area contributed by atoms with E-state index < -0.39 is 11.8 Å². The van der Waals surface area contributed by atoms with Crippen LogP contribution in [0.3, 0.4) is 0 Å². The van der Waals surface area contributed by atoms with Crippen LogP contribution < -0.4 is 10.1 Å². The molecule has 1 aliphatic heterocycles. The Morgan fingerprint density at radius 3 is 2.77 bits per heavy atom. The van der Waals surface area contributed by atoms with Gasteiger partial charge in [0, 0.05) is 18.7 Å². The number of ether oxygens (including phenoxy) is 1. The van der Waals surface area contributed by atoms with Gasteiger partial charge < -0.3 is 24.6 Å². The molecule has 138 valence electrons. The van der Waals surface area contributed by atoms with Gasteiger partial charge in [-0.05, 0) is 31.0 Å². The van der Waals surface area contributed by atoms with Gasteiger partial charge in [0.15, 0.2) is 28.7 Å². The number of nitrogens with one attached hydrogen (secondary N) is 1. The van der Waals surface area contributed by atoms with Gasteiger partial charge in [-0.2, -0.15) is 0 Å². The van der Waals surface area contributed by atoms with E-state index in [2.05, 4.69) is 10.5 Å². The Morgan fingerprint density at radius 2 is 2.12 bits per heavy atom. The van der Waals surface area contributed by atoms with Crippen LogP contribution in [0.15, 0.2) is 22.7 Å². The van der Waals surface area contributed by atoms with Crippen LogP contribution in [-0.2, 0) is 4.79 Å². The normalized spacial score (nSPS) is 13.7. The number of amides is 1. The van der Waals surface area contributed by atoms with Crippen LogP contribution >= 0.6 is 0 Å². The molecule has 0 saturated carbocycles. The molecule has 0 atom stereocenters. The van der Waals surface area contributed by atoms with Crippen molar-refractivity contribution in [1.82, 2.24) is 10.1 Å². The Balaban J connectivity index is 1.84. The number of hydrogen-bond donors (Lipinski definition) is 2. The fourth-order valence-electron chi connectivity index (χ4n) is 2.84. The van der Waals surface area contributed by atoms with E-state index in [9.17, 15) is 19.1 Å². The first-order valence-corrected chi connectivity index (χ1v) is 8.09. The fourth-order valence-corrected chi connectivity index (χ4v) is 2.84. The van der Waals surface area contributed by atoms with Gasteiger partial charge in [-0.15, -0.1) is 0 Å². The lowest BCUT2D eigenvalue weighted by Gasteiger charge is -2.15. The lowest BCUT2D eigenvalue weighted by Crippen LogP contribution is -2.33. The third-order valence-electron chi connectivity index (χ3n) is 4.19. The van der Waals surface area contributed by atoms with E-state index in [0.29, 0.717) is 18.7 Å². The highest BCUT2D eigenvalue weighted by Gasteiger charge is 2.26. The second kappa shape index (κ2) is 7.42. The molecular formula is C17H18FN3O5. The van der Waals surface area contributed by atoms with E-state index in [-0.39, 0.29) is 35.3 Å². The molecule has 0 unspecified atom stereocenters. The average Bonchev–Trinajstić information content (AvgIpc) is 3.30. The number of halogens is 1. The van der Waals surface area contributed by atoms with Gasteiger partial charge in [0.25, 0.3) is 0 Å². The number of aromatic nitrogens is 1. The highest BCUT2D eigenvalue weighted by atomic mass is 19.1. The number of methoxy groups -OCH3 is 1. The second-order valence-corrected chi connectivity index (χ2v) is 5.83. The largest absolute Gasteiger partial charge is 0.494 e. The molecular weight excluding hydrogens is 345 g/mol. The Morgan fingerprint density at radius 1 is 1.38 bits per heavy atom. The van der Waals surface area contributed by atoms with Crippen molar-refractivity contribution in [3.05, 3.63) is 29.6 Å². The first-order valence-electron chi connectivity index (χ1n) is 8.09. The summed E-state index contributed by atoms with van der Waals surface area (Å²) in [5.41, 5.74) is 0.0694. The van der Waals surface area contributed by atoms with E-state index in [4.69, 9.17) is 9.26 Å². The van der Waals surface area contributed by atoms with Crippen LogP contribution in [0.4, 0.5) is 10.2 Å². The van der Waals surface area contributed by atoms with E-state index in [0.717, 1.165) is 18.9 Å². The number of likely N-dealkylation sites (tertiary alicyclic amines) is 1. The van der Waals surface area contributed by atoms with E-state index in [1.165, 1.54) is 19.2 Å². The number of carboxylic acids is 1. The summed E-state index contributed by atoms with van der Waals surface area (Å²) in [6.07, 6.45) is 1.93. The summed E-state index contributed by atoms with van der Waals surface area (Å²) in [6, 6.07) is 3.83. The predicted molar refractivity (Wildman–Crippen MR) is 89.7 cm³/mol. The molecule has 3 rings (SSSR count). The molecule has 0 radical (unpaired) electrons. The van der Waals surface area contributed by atoms with Crippen LogP contribution in [-0.4, -0.2) is 53.8 Å². The van der Waals surface area contributed by atoms with E-state index >= 15 is 0 Å². The zero-order valence-electron chi connectivity index (χ0n) is 14.1. The van der Waals surface area contributed by atoms with Crippen molar-refractivity contribution in [3.63, 3.8) is 0 Å². The maximum atomic E-state index is 13.6. The number of nitrogens with zero attached hydrogens (tertiary/aromatic N) is 2. The van der Waals surface area contributed by atoms with Gasteiger partial charge in [-0.25, -0.2) is 9.18 Å². The Hall–Kier alpha value is -3.10. The van der Waals surface area contributed by atoms with Crippen LogP contribution in [0.1, 0.15) is 23.2 Å². The van der Waals surface area contributed by atoms with E-state index in [1.807, 2.05) is 0 Å². The fraction of sp³-hybridized carbons (Fsp3) is 0.353. The molecule has 1 aromatic heterocycles. The third-order valence-corrected chi connectivity index (χ3v) is 4.19. The molecule has 1 aliphatic rings. The van der Waals surface area contributed by atoms with Crippen molar-refractivity contribution < 1.29 is 28.3 Å². The highest BCUT2D eigenvalue weighted by molar-refractivity contribution is 6.00. The summed E-state index contributed by atoms with van der Waals surface area (Å²) >= 11 is 0. The second-order valence-electron chi connectivity index (χ2n) is 5.83. The van der Waals surface area contributed by atoms with Crippen LogP contribution in [0.5, 0.6) is 5.75 Å². The van der Waals surface area contributed by atoms with Gasteiger partial charge in [-0.3, -0.25) is 4.79 Å². The molecule has 26 heavy (non-hydrogen) atoms. The molecule has 1 amide bonds. The van der Waals surface area contributed by atoms with Gasteiger partial charge in [0.2, 0.25) is 5.91 Å². The third kappa shape index (κ3) is 3.46. The highest BCUT2D eigenvalue weighted by Crippen LogP contribution is 2.32. The molecule has 9 heteroatoms. The molecule has 0 aliphatic carbocycles. The van der Waals surface area contributed by atoms with Gasteiger partial charge in [-0.1, -0.05) is 5.16 Å². The Kier molecular flexibility index (Phi) is 5.06. The van der Waals surface area contributed by atoms with Gasteiger partial charge in [0.05, 0.1) is 13.7 Å². The zero-order valence-corrected chi connectivity index (χ0v) is 14.1. The Bertz CT molecular complexity index is 830. The predicted octanol–water partition coefficient (Wildman–Crippen LogP) is 2.22. The lowest BCUT2D eigenvalue weighted by atomic mass is 10.1. The molecule has 2 N–H and O–H groups in total. The standard InChI is InChI=1S/C17H18FN3O5/c1-25-12-8-10(4-5-11(12)18)15-14(17(23)24)16(20-26-15)19-9-13(22)21-6-2-3-7-21/h4-5,8H,2-3,6-7,9H2,1H3,(H,19,20)(H,23,24). The van der Waals surface area contributed by atoms with Crippen molar-refractivity contribution in [2.24, 2.45) is 0 Å². The van der Waals surface area contributed by atoms with Crippen LogP contribution in [0.25, 0.3) is 11.3 Å². The van der Waals surface area contributed by atoms with Gasteiger partial charge in [0.1, 0.15) is 0 Å². The zero-order chi connectivity index (χ0) is 18.7. The van der Waals surface area contributed by atoms with Crippen molar-refractivity contribution >= 4 is 17.7 Å². The molecule has 8 nitrogen and oxygen atoms in total. The van der Waals surface area contributed by atoms with Crippen molar-refractivity contribution in [2.75, 3.05) is 32.1 Å². The average molecular weight is 363 g/mol. The maximum Gasteiger partial charge on any atom is 0.343 e. The first-order chi connectivity index (χ1) is 12.5. The number of aromatic carboxylic acids is 1. The van der Waals surface area contributed by atoms with E-state index in [1.54, 1.807) is 4.90 Å². The number of anilines is 1. The van der Waals surface area contributed by atoms with Crippen molar-refractivity contribution in [3.8, 4) is 17.1 Å². The SMILES string of the molecule is COc1cc(-c2onc(NCC(=O)N3CCCC3)c2C(=O)O)ccc1F. The molecule has 0 bridgehead atoms. The number of carbonyl (C=O) groups is 2. The lowest BCUT2D eigenvalue weighted by molar-refractivity contribution is -0.128. The minimum atomic E-state index is -1.28. The molecule has 2 heterocycles.